The van der Waals surface area contributed by atoms with Gasteiger partial charge in [0.05, 0.1) is 11.6 Å². The van der Waals surface area contributed by atoms with Crippen molar-refractivity contribution in [3.8, 4) is 11.5 Å². The lowest BCUT2D eigenvalue weighted by Gasteiger charge is -2.16. The number of hydrogen-bond donors (Lipinski definition) is 1. The van der Waals surface area contributed by atoms with E-state index < -0.39 is 0 Å². The first-order valence-corrected chi connectivity index (χ1v) is 10.4. The molecule has 0 saturated heterocycles. The summed E-state index contributed by atoms with van der Waals surface area (Å²) in [7, 11) is 0. The van der Waals surface area contributed by atoms with E-state index in [2.05, 4.69) is 24.4 Å². The highest BCUT2D eigenvalue weighted by Gasteiger charge is 2.13. The normalized spacial score (nSPS) is 10.8. The van der Waals surface area contributed by atoms with E-state index in [4.69, 9.17) is 32.7 Å². The van der Waals surface area contributed by atoms with Crippen molar-refractivity contribution < 1.29 is 9.47 Å². The summed E-state index contributed by atoms with van der Waals surface area (Å²) in [5.74, 6) is 1.23. The molecule has 0 saturated carbocycles. The molecule has 1 N–H and O–H groups in total. The fraction of sp³-hybridized carbons (Fsp3) is 0.250. The van der Waals surface area contributed by atoms with Gasteiger partial charge in [0.1, 0.15) is 6.61 Å². The second kappa shape index (κ2) is 10.5. The molecule has 152 valence electrons. The standard InChI is InChI=1S/C24H25Cl2NO2/c1-3-28-23-13-18(14-27-15-19-9-6-7-11-21(19)25)12-22(26)24(23)29-16-20-10-5-4-8-17(20)2/h4-13,27H,3,14-16H2,1-2H3. The highest BCUT2D eigenvalue weighted by molar-refractivity contribution is 6.32. The van der Waals surface area contributed by atoms with E-state index in [1.54, 1.807) is 0 Å². The average molecular weight is 430 g/mol. The number of rotatable bonds is 9. The molecule has 0 amide bonds. The molecule has 0 atom stereocenters. The summed E-state index contributed by atoms with van der Waals surface area (Å²) in [6, 6.07) is 19.8. The van der Waals surface area contributed by atoms with Crippen LogP contribution in [0.25, 0.3) is 0 Å². The van der Waals surface area contributed by atoms with Gasteiger partial charge in [-0.3, -0.25) is 0 Å². The molecule has 0 aliphatic heterocycles. The number of benzene rings is 3. The van der Waals surface area contributed by atoms with Crippen LogP contribution in [0, 0.1) is 6.92 Å². The Morgan fingerprint density at radius 2 is 1.55 bits per heavy atom. The first kappa shape index (κ1) is 21.5. The van der Waals surface area contributed by atoms with Crippen LogP contribution in [0.4, 0.5) is 0 Å². The lowest BCUT2D eigenvalue weighted by Crippen LogP contribution is -2.13. The van der Waals surface area contributed by atoms with Crippen LogP contribution in [0.3, 0.4) is 0 Å². The van der Waals surface area contributed by atoms with Gasteiger partial charge in [0, 0.05) is 18.1 Å². The SMILES string of the molecule is CCOc1cc(CNCc2ccccc2Cl)cc(Cl)c1OCc1ccccc1C. The molecule has 0 aliphatic carbocycles. The molecule has 0 aromatic heterocycles. The van der Waals surface area contributed by atoms with Crippen LogP contribution in [-0.4, -0.2) is 6.61 Å². The Kier molecular flexibility index (Phi) is 7.82. The van der Waals surface area contributed by atoms with Crippen molar-refractivity contribution in [1.82, 2.24) is 5.32 Å². The number of aryl methyl sites for hydroxylation is 1. The minimum atomic E-state index is 0.441. The Hall–Kier alpha value is -2.20. The lowest BCUT2D eigenvalue weighted by atomic mass is 10.1. The molecule has 0 spiro atoms. The highest BCUT2D eigenvalue weighted by atomic mass is 35.5. The van der Waals surface area contributed by atoms with Crippen LogP contribution in [0.1, 0.15) is 29.2 Å². The van der Waals surface area contributed by atoms with E-state index in [1.807, 2.05) is 55.5 Å². The van der Waals surface area contributed by atoms with Gasteiger partial charge in [-0.1, -0.05) is 65.7 Å². The minimum absolute atomic E-state index is 0.441. The maximum atomic E-state index is 6.54. The van der Waals surface area contributed by atoms with Crippen molar-refractivity contribution in [2.75, 3.05) is 6.61 Å². The molecule has 0 fully saturated rings. The third kappa shape index (κ3) is 5.89. The fourth-order valence-electron chi connectivity index (χ4n) is 3.03. The van der Waals surface area contributed by atoms with Gasteiger partial charge in [0.2, 0.25) is 0 Å². The zero-order valence-electron chi connectivity index (χ0n) is 16.7. The van der Waals surface area contributed by atoms with Crippen molar-refractivity contribution >= 4 is 23.2 Å². The molecule has 3 aromatic carbocycles. The van der Waals surface area contributed by atoms with Crippen LogP contribution in [-0.2, 0) is 19.7 Å². The Bertz CT molecular complexity index is 959. The molecule has 3 rings (SSSR count). The molecule has 0 aliphatic rings. The quantitative estimate of drug-likeness (QED) is 0.417. The zero-order valence-corrected chi connectivity index (χ0v) is 18.2. The van der Waals surface area contributed by atoms with Gasteiger partial charge >= 0.3 is 0 Å². The van der Waals surface area contributed by atoms with Gasteiger partial charge in [0.25, 0.3) is 0 Å². The third-order valence-electron chi connectivity index (χ3n) is 4.60. The monoisotopic (exact) mass is 429 g/mol. The Balaban J connectivity index is 1.70. The van der Waals surface area contributed by atoms with Crippen LogP contribution in [0.5, 0.6) is 11.5 Å². The van der Waals surface area contributed by atoms with Crippen molar-refractivity contribution in [3.63, 3.8) is 0 Å². The summed E-state index contributed by atoms with van der Waals surface area (Å²) in [5.41, 5.74) is 4.38. The summed E-state index contributed by atoms with van der Waals surface area (Å²) in [6.45, 7) is 6.30. The molecule has 0 bridgehead atoms. The summed E-state index contributed by atoms with van der Waals surface area (Å²) >= 11 is 12.8. The van der Waals surface area contributed by atoms with Crippen LogP contribution < -0.4 is 14.8 Å². The average Bonchev–Trinajstić information content (AvgIpc) is 2.70. The Labute approximate surface area is 182 Å². The van der Waals surface area contributed by atoms with Gasteiger partial charge in [-0.25, -0.2) is 0 Å². The molecular formula is C24H25Cl2NO2. The first-order valence-electron chi connectivity index (χ1n) is 9.65. The van der Waals surface area contributed by atoms with Crippen molar-refractivity contribution in [1.29, 1.82) is 0 Å². The third-order valence-corrected chi connectivity index (χ3v) is 5.25. The molecule has 0 heterocycles. The van der Waals surface area contributed by atoms with E-state index in [9.17, 15) is 0 Å². The Morgan fingerprint density at radius 1 is 0.828 bits per heavy atom. The first-order chi connectivity index (χ1) is 14.1. The highest BCUT2D eigenvalue weighted by Crippen LogP contribution is 2.37. The predicted octanol–water partition coefficient (Wildman–Crippen LogP) is 6.57. The molecule has 0 unspecified atom stereocenters. The van der Waals surface area contributed by atoms with Gasteiger partial charge in [-0.2, -0.15) is 0 Å². The molecular weight excluding hydrogens is 405 g/mol. The molecule has 29 heavy (non-hydrogen) atoms. The predicted molar refractivity (Wildman–Crippen MR) is 120 cm³/mol. The molecule has 3 aromatic rings. The largest absolute Gasteiger partial charge is 0.490 e. The van der Waals surface area contributed by atoms with E-state index in [-0.39, 0.29) is 0 Å². The zero-order chi connectivity index (χ0) is 20.6. The van der Waals surface area contributed by atoms with Crippen molar-refractivity contribution in [2.45, 2.75) is 33.5 Å². The van der Waals surface area contributed by atoms with E-state index in [0.717, 1.165) is 21.7 Å². The maximum Gasteiger partial charge on any atom is 0.180 e. The van der Waals surface area contributed by atoms with Gasteiger partial charge in [-0.05, 0) is 54.3 Å². The fourth-order valence-corrected chi connectivity index (χ4v) is 3.52. The summed E-state index contributed by atoms with van der Waals surface area (Å²) in [6.07, 6.45) is 0. The van der Waals surface area contributed by atoms with Crippen LogP contribution in [0.2, 0.25) is 10.0 Å². The number of ether oxygens (including phenoxy) is 2. The van der Waals surface area contributed by atoms with Crippen molar-refractivity contribution in [2.24, 2.45) is 0 Å². The molecule has 0 radical (unpaired) electrons. The minimum Gasteiger partial charge on any atom is -0.490 e. The van der Waals surface area contributed by atoms with Gasteiger partial charge in [-0.15, -0.1) is 0 Å². The topological polar surface area (TPSA) is 30.5 Å². The summed E-state index contributed by atoms with van der Waals surface area (Å²) in [4.78, 5) is 0. The summed E-state index contributed by atoms with van der Waals surface area (Å²) in [5, 5.41) is 4.70. The maximum absolute atomic E-state index is 6.54. The lowest BCUT2D eigenvalue weighted by molar-refractivity contribution is 0.268. The van der Waals surface area contributed by atoms with E-state index >= 15 is 0 Å². The Morgan fingerprint density at radius 3 is 2.28 bits per heavy atom. The second-order valence-electron chi connectivity index (χ2n) is 6.75. The van der Waals surface area contributed by atoms with Crippen LogP contribution >= 0.6 is 23.2 Å². The van der Waals surface area contributed by atoms with Crippen LogP contribution in [0.15, 0.2) is 60.7 Å². The smallest absolute Gasteiger partial charge is 0.180 e. The number of hydrogen-bond acceptors (Lipinski definition) is 3. The van der Waals surface area contributed by atoms with Gasteiger partial charge in [0.15, 0.2) is 11.5 Å². The second-order valence-corrected chi connectivity index (χ2v) is 7.56. The number of nitrogens with one attached hydrogen (secondary N) is 1. The number of halogens is 2. The van der Waals surface area contributed by atoms with Gasteiger partial charge < -0.3 is 14.8 Å². The molecule has 3 nitrogen and oxygen atoms in total. The van der Waals surface area contributed by atoms with E-state index in [1.165, 1.54) is 5.56 Å². The van der Waals surface area contributed by atoms with Crippen molar-refractivity contribution in [3.05, 3.63) is 93.0 Å². The molecule has 5 heteroatoms. The van der Waals surface area contributed by atoms with E-state index in [0.29, 0.717) is 42.8 Å². The summed E-state index contributed by atoms with van der Waals surface area (Å²) < 4.78 is 11.8.